The lowest BCUT2D eigenvalue weighted by atomic mass is 9.81. The number of methoxy groups -OCH3 is 1. The van der Waals surface area contributed by atoms with E-state index in [0.29, 0.717) is 0 Å². The van der Waals surface area contributed by atoms with E-state index in [0.717, 1.165) is 11.7 Å². The fourth-order valence-corrected chi connectivity index (χ4v) is 2.43. The van der Waals surface area contributed by atoms with Gasteiger partial charge in [0, 0.05) is 0 Å². The lowest BCUT2D eigenvalue weighted by Crippen LogP contribution is -2.09. The summed E-state index contributed by atoms with van der Waals surface area (Å²) in [5, 5.41) is 0. The number of rotatable bonds is 2. The van der Waals surface area contributed by atoms with Crippen LogP contribution >= 0.6 is 0 Å². The maximum Gasteiger partial charge on any atom is 0.119 e. The van der Waals surface area contributed by atoms with Gasteiger partial charge < -0.3 is 4.74 Å². The number of fused-ring (bicyclic) bond motifs is 1. The lowest BCUT2D eigenvalue weighted by molar-refractivity contribution is 0.412. The average Bonchev–Trinajstić information content (AvgIpc) is 2.27. The van der Waals surface area contributed by atoms with Crippen molar-refractivity contribution in [3.63, 3.8) is 0 Å². The molecule has 0 radical (unpaired) electrons. The van der Waals surface area contributed by atoms with Crippen LogP contribution in [0, 0.1) is 0 Å². The highest BCUT2D eigenvalue weighted by atomic mass is 16.5. The van der Waals surface area contributed by atoms with Crippen LogP contribution in [0.3, 0.4) is 0 Å². The zero-order valence-electron chi connectivity index (χ0n) is 9.05. The minimum Gasteiger partial charge on any atom is -0.497 e. The zero-order chi connectivity index (χ0) is 9.97. The molecule has 0 aliphatic heterocycles. The van der Waals surface area contributed by atoms with Gasteiger partial charge in [-0.15, -0.1) is 0 Å². The molecule has 76 valence electrons. The van der Waals surface area contributed by atoms with Gasteiger partial charge >= 0.3 is 0 Å². The first-order chi connectivity index (χ1) is 6.85. The van der Waals surface area contributed by atoms with Crippen molar-refractivity contribution in [3.8, 4) is 5.75 Å². The Labute approximate surface area is 86.1 Å². The van der Waals surface area contributed by atoms with Gasteiger partial charge in [0.25, 0.3) is 0 Å². The second-order valence-electron chi connectivity index (χ2n) is 4.06. The van der Waals surface area contributed by atoms with Gasteiger partial charge in [0.1, 0.15) is 5.75 Å². The fourth-order valence-electron chi connectivity index (χ4n) is 2.43. The Kier molecular flexibility index (Phi) is 2.76. The van der Waals surface area contributed by atoms with E-state index in [-0.39, 0.29) is 0 Å². The summed E-state index contributed by atoms with van der Waals surface area (Å²) in [6, 6.07) is 6.54. The van der Waals surface area contributed by atoms with Crippen molar-refractivity contribution >= 4 is 0 Å². The quantitative estimate of drug-likeness (QED) is 0.693. The van der Waals surface area contributed by atoms with Gasteiger partial charge in [0.05, 0.1) is 7.11 Å². The first kappa shape index (κ1) is 9.57. The summed E-state index contributed by atoms with van der Waals surface area (Å²) in [5.74, 6) is 1.76. The van der Waals surface area contributed by atoms with Crippen molar-refractivity contribution in [2.24, 2.45) is 0 Å². The molecule has 0 saturated carbocycles. The number of ether oxygens (including phenoxy) is 1. The van der Waals surface area contributed by atoms with E-state index >= 15 is 0 Å². The smallest absolute Gasteiger partial charge is 0.119 e. The summed E-state index contributed by atoms with van der Waals surface area (Å²) in [5.41, 5.74) is 3.06. The molecule has 0 amide bonds. The van der Waals surface area contributed by atoms with Gasteiger partial charge in [-0.05, 0) is 54.9 Å². The molecular formula is C13H18O. The summed E-state index contributed by atoms with van der Waals surface area (Å²) in [6.07, 6.45) is 5.19. The second kappa shape index (κ2) is 4.04. The third-order valence-electron chi connectivity index (χ3n) is 3.28. The van der Waals surface area contributed by atoms with E-state index in [1.807, 2.05) is 0 Å². The molecule has 0 aromatic heterocycles. The normalized spacial score (nSPS) is 20.3. The molecule has 1 aromatic carbocycles. The van der Waals surface area contributed by atoms with E-state index in [4.69, 9.17) is 4.74 Å². The molecule has 2 rings (SSSR count). The Hall–Kier alpha value is -0.980. The van der Waals surface area contributed by atoms with Gasteiger partial charge in [0.2, 0.25) is 0 Å². The van der Waals surface area contributed by atoms with E-state index in [1.54, 1.807) is 7.11 Å². The number of benzene rings is 1. The highest BCUT2D eigenvalue weighted by Gasteiger charge is 2.18. The minimum absolute atomic E-state index is 0.758. The molecule has 0 spiro atoms. The molecule has 1 aromatic rings. The Balaban J connectivity index is 2.38. The predicted molar refractivity (Wildman–Crippen MR) is 59.0 cm³/mol. The van der Waals surface area contributed by atoms with Crippen LogP contribution in [0.1, 0.15) is 43.2 Å². The molecule has 0 heterocycles. The molecule has 1 nitrogen and oxygen atoms in total. The summed E-state index contributed by atoms with van der Waals surface area (Å²) < 4.78 is 5.27. The summed E-state index contributed by atoms with van der Waals surface area (Å²) in [4.78, 5) is 0. The van der Waals surface area contributed by atoms with Crippen LogP contribution in [0.4, 0.5) is 0 Å². The highest BCUT2D eigenvalue weighted by Crippen LogP contribution is 2.35. The van der Waals surface area contributed by atoms with Crippen LogP contribution in [-0.2, 0) is 6.42 Å². The number of hydrogen-bond acceptors (Lipinski definition) is 1. The predicted octanol–water partition coefficient (Wildman–Crippen LogP) is 3.53. The van der Waals surface area contributed by atoms with Gasteiger partial charge in [-0.1, -0.05) is 13.0 Å². The Morgan fingerprint density at radius 1 is 1.43 bits per heavy atom. The Bertz CT molecular complexity index is 317. The molecule has 1 aliphatic rings. The standard InChI is InChI=1S/C13H18O/c1-3-10-5-4-6-11-7-8-12(14-2)9-13(10)11/h7-10H,3-6H2,1-2H3. The van der Waals surface area contributed by atoms with Crippen LogP contribution in [0.15, 0.2) is 18.2 Å². The van der Waals surface area contributed by atoms with Crippen LogP contribution < -0.4 is 4.74 Å². The van der Waals surface area contributed by atoms with Crippen molar-refractivity contribution in [2.45, 2.75) is 38.5 Å². The third-order valence-corrected chi connectivity index (χ3v) is 3.28. The molecule has 1 aliphatic carbocycles. The molecule has 14 heavy (non-hydrogen) atoms. The SMILES string of the molecule is CCC1CCCc2ccc(OC)cc21. The zero-order valence-corrected chi connectivity index (χ0v) is 9.05. The van der Waals surface area contributed by atoms with Crippen molar-refractivity contribution in [1.82, 2.24) is 0 Å². The number of aryl methyl sites for hydroxylation is 1. The van der Waals surface area contributed by atoms with Gasteiger partial charge in [-0.3, -0.25) is 0 Å². The van der Waals surface area contributed by atoms with Crippen LogP contribution in [0.5, 0.6) is 5.75 Å². The van der Waals surface area contributed by atoms with E-state index in [2.05, 4.69) is 25.1 Å². The molecule has 0 saturated heterocycles. The van der Waals surface area contributed by atoms with E-state index < -0.39 is 0 Å². The second-order valence-corrected chi connectivity index (χ2v) is 4.06. The summed E-state index contributed by atoms with van der Waals surface area (Å²) >= 11 is 0. The van der Waals surface area contributed by atoms with Crippen LogP contribution in [0.25, 0.3) is 0 Å². The summed E-state index contributed by atoms with van der Waals surface area (Å²) in [6.45, 7) is 2.28. The molecule has 0 fully saturated rings. The largest absolute Gasteiger partial charge is 0.497 e. The highest BCUT2D eigenvalue weighted by molar-refractivity contribution is 5.39. The van der Waals surface area contributed by atoms with E-state index in [1.165, 1.54) is 36.8 Å². The summed E-state index contributed by atoms with van der Waals surface area (Å²) in [7, 11) is 1.74. The van der Waals surface area contributed by atoms with Crippen molar-refractivity contribution in [1.29, 1.82) is 0 Å². The van der Waals surface area contributed by atoms with Gasteiger partial charge in [0.15, 0.2) is 0 Å². The van der Waals surface area contributed by atoms with Crippen molar-refractivity contribution < 1.29 is 4.74 Å². The first-order valence-corrected chi connectivity index (χ1v) is 5.52. The monoisotopic (exact) mass is 190 g/mol. The maximum atomic E-state index is 5.27. The number of hydrogen-bond donors (Lipinski definition) is 0. The minimum atomic E-state index is 0.758. The third kappa shape index (κ3) is 1.63. The van der Waals surface area contributed by atoms with Gasteiger partial charge in [-0.2, -0.15) is 0 Å². The molecule has 0 N–H and O–H groups in total. The molecule has 1 atom stereocenters. The first-order valence-electron chi connectivity index (χ1n) is 5.52. The average molecular weight is 190 g/mol. The van der Waals surface area contributed by atoms with Crippen LogP contribution in [-0.4, -0.2) is 7.11 Å². The molecule has 1 heteroatoms. The fraction of sp³-hybridized carbons (Fsp3) is 0.538. The Morgan fingerprint density at radius 3 is 3.00 bits per heavy atom. The topological polar surface area (TPSA) is 9.23 Å². The van der Waals surface area contributed by atoms with Crippen molar-refractivity contribution in [3.05, 3.63) is 29.3 Å². The van der Waals surface area contributed by atoms with Crippen molar-refractivity contribution in [2.75, 3.05) is 7.11 Å². The van der Waals surface area contributed by atoms with Gasteiger partial charge in [-0.25, -0.2) is 0 Å². The molecule has 1 unspecified atom stereocenters. The lowest BCUT2D eigenvalue weighted by Gasteiger charge is -2.24. The van der Waals surface area contributed by atoms with E-state index in [9.17, 15) is 0 Å². The molecule has 0 bridgehead atoms. The molecular weight excluding hydrogens is 172 g/mol. The maximum absolute atomic E-state index is 5.27. The Morgan fingerprint density at radius 2 is 2.29 bits per heavy atom. The van der Waals surface area contributed by atoms with Crippen LogP contribution in [0.2, 0.25) is 0 Å².